The topological polar surface area (TPSA) is 99.0 Å². The third-order valence-corrected chi connectivity index (χ3v) is 6.08. The van der Waals surface area contributed by atoms with Crippen LogP contribution in [0.15, 0.2) is 28.2 Å². The Morgan fingerprint density at radius 1 is 0.880 bits per heavy atom. The summed E-state index contributed by atoms with van der Waals surface area (Å²) in [5, 5.41) is 22.5. The van der Waals surface area contributed by atoms with Gasteiger partial charge >= 0.3 is 0 Å². The number of sulfonamides is 1. The van der Waals surface area contributed by atoms with Gasteiger partial charge in [-0.1, -0.05) is 0 Å². The number of benzene rings is 2. The summed E-state index contributed by atoms with van der Waals surface area (Å²) in [6.07, 6.45) is 1.26. The molecule has 0 bridgehead atoms. The van der Waals surface area contributed by atoms with E-state index in [1.54, 1.807) is 13.8 Å². The summed E-state index contributed by atoms with van der Waals surface area (Å²) in [6, 6.07) is 4.08. The Balaban J connectivity index is 2.37. The van der Waals surface area contributed by atoms with Gasteiger partial charge in [0.1, 0.15) is 0 Å². The van der Waals surface area contributed by atoms with E-state index in [-0.39, 0.29) is 16.4 Å². The average Bonchev–Trinajstić information content (AvgIpc) is 2.54. The molecule has 2 aromatic rings. The maximum atomic E-state index is 12.7. The fraction of sp³-hybridized carbons (Fsp3) is 0.278. The predicted octanol–water partition coefficient (Wildman–Crippen LogP) is 2.95. The van der Waals surface area contributed by atoms with Gasteiger partial charge < -0.3 is 10.2 Å². The fourth-order valence-corrected chi connectivity index (χ4v) is 4.10. The normalized spacial score (nSPS) is 11.9. The van der Waals surface area contributed by atoms with Crippen molar-refractivity contribution >= 4 is 16.2 Å². The van der Waals surface area contributed by atoms with Gasteiger partial charge in [0.05, 0.1) is 11.1 Å². The SMILES string of the molecule is Cc1c(C)c(C)c(S(=O)(=O)N/N=C\c2ccc(O)c(O)c2)c(C)c1C. The zero-order chi connectivity index (χ0) is 18.9. The van der Waals surface area contributed by atoms with E-state index in [1.165, 1.54) is 24.4 Å². The minimum atomic E-state index is -3.83. The number of nitrogens with zero attached hydrogens (tertiary/aromatic N) is 1. The Bertz CT molecular complexity index is 935. The van der Waals surface area contributed by atoms with E-state index in [9.17, 15) is 18.6 Å². The van der Waals surface area contributed by atoms with Crippen LogP contribution in [0.4, 0.5) is 0 Å². The van der Waals surface area contributed by atoms with E-state index in [0.29, 0.717) is 16.7 Å². The van der Waals surface area contributed by atoms with Gasteiger partial charge in [-0.2, -0.15) is 13.5 Å². The molecule has 0 spiro atoms. The molecule has 0 amide bonds. The highest BCUT2D eigenvalue weighted by Crippen LogP contribution is 2.29. The number of hydrogen-bond donors (Lipinski definition) is 3. The molecule has 0 saturated heterocycles. The second kappa shape index (κ2) is 6.76. The average molecular weight is 362 g/mol. The van der Waals surface area contributed by atoms with Gasteiger partial charge in [0.15, 0.2) is 11.5 Å². The van der Waals surface area contributed by atoms with Gasteiger partial charge in [-0.05, 0) is 86.2 Å². The quantitative estimate of drug-likeness (QED) is 0.442. The molecular formula is C18H22N2O4S. The van der Waals surface area contributed by atoms with Crippen molar-refractivity contribution in [3.63, 3.8) is 0 Å². The molecule has 0 radical (unpaired) electrons. The molecule has 7 heteroatoms. The van der Waals surface area contributed by atoms with Crippen molar-refractivity contribution in [2.75, 3.05) is 0 Å². The molecule has 134 valence electrons. The molecule has 0 fully saturated rings. The van der Waals surface area contributed by atoms with Gasteiger partial charge in [0.25, 0.3) is 10.0 Å². The smallest absolute Gasteiger partial charge is 0.277 e. The van der Waals surface area contributed by atoms with Gasteiger partial charge in [-0.15, -0.1) is 0 Å². The van der Waals surface area contributed by atoms with Crippen molar-refractivity contribution < 1.29 is 18.6 Å². The first-order valence-corrected chi connectivity index (χ1v) is 9.18. The van der Waals surface area contributed by atoms with Crippen LogP contribution in [0.2, 0.25) is 0 Å². The zero-order valence-corrected chi connectivity index (χ0v) is 15.7. The van der Waals surface area contributed by atoms with E-state index in [2.05, 4.69) is 9.93 Å². The Kier molecular flexibility index (Phi) is 5.08. The zero-order valence-electron chi connectivity index (χ0n) is 14.9. The lowest BCUT2D eigenvalue weighted by Crippen LogP contribution is -2.22. The van der Waals surface area contributed by atoms with E-state index >= 15 is 0 Å². The summed E-state index contributed by atoms with van der Waals surface area (Å²) in [5.41, 5.74) is 4.81. The Hall–Kier alpha value is -2.54. The highest BCUT2D eigenvalue weighted by Gasteiger charge is 2.23. The molecule has 0 heterocycles. The molecule has 0 atom stereocenters. The Morgan fingerprint density at radius 3 is 1.92 bits per heavy atom. The molecule has 2 rings (SSSR count). The van der Waals surface area contributed by atoms with Crippen LogP contribution in [0.1, 0.15) is 33.4 Å². The molecule has 0 unspecified atom stereocenters. The lowest BCUT2D eigenvalue weighted by molar-refractivity contribution is 0.403. The van der Waals surface area contributed by atoms with E-state index in [1.807, 2.05) is 20.8 Å². The Morgan fingerprint density at radius 2 is 1.40 bits per heavy atom. The van der Waals surface area contributed by atoms with Gasteiger partial charge in [-0.3, -0.25) is 0 Å². The van der Waals surface area contributed by atoms with Crippen molar-refractivity contribution in [2.45, 2.75) is 39.5 Å². The second-order valence-electron chi connectivity index (χ2n) is 6.06. The minimum absolute atomic E-state index is 0.235. The van der Waals surface area contributed by atoms with E-state index < -0.39 is 10.0 Å². The highest BCUT2D eigenvalue weighted by molar-refractivity contribution is 7.89. The van der Waals surface area contributed by atoms with Crippen LogP contribution in [0.5, 0.6) is 11.5 Å². The number of phenolic OH excluding ortho intramolecular Hbond substituents is 2. The van der Waals surface area contributed by atoms with Crippen LogP contribution in [-0.4, -0.2) is 24.8 Å². The largest absolute Gasteiger partial charge is 0.504 e. The first-order chi connectivity index (χ1) is 11.6. The minimum Gasteiger partial charge on any atom is -0.504 e. The summed E-state index contributed by atoms with van der Waals surface area (Å²) in [5.74, 6) is -0.558. The number of phenols is 2. The van der Waals surface area contributed by atoms with Crippen molar-refractivity contribution in [3.05, 3.63) is 51.6 Å². The van der Waals surface area contributed by atoms with E-state index in [0.717, 1.165) is 16.7 Å². The standard InChI is InChI=1S/C18H22N2O4S/c1-10-11(2)13(4)18(14(5)12(10)3)25(23,24)20-19-9-15-6-7-16(21)17(22)8-15/h6-9,20-22H,1-5H3/b19-9-. The molecule has 0 aliphatic carbocycles. The summed E-state index contributed by atoms with van der Waals surface area (Å²) >= 11 is 0. The first-order valence-electron chi connectivity index (χ1n) is 7.70. The summed E-state index contributed by atoms with van der Waals surface area (Å²) in [7, 11) is -3.83. The molecule has 0 saturated carbocycles. The van der Waals surface area contributed by atoms with Crippen molar-refractivity contribution in [3.8, 4) is 11.5 Å². The monoisotopic (exact) mass is 362 g/mol. The lowest BCUT2D eigenvalue weighted by Gasteiger charge is -2.18. The molecule has 25 heavy (non-hydrogen) atoms. The fourth-order valence-electron chi connectivity index (χ4n) is 2.71. The van der Waals surface area contributed by atoms with E-state index in [4.69, 9.17) is 0 Å². The van der Waals surface area contributed by atoms with Crippen LogP contribution < -0.4 is 4.83 Å². The molecule has 3 N–H and O–H groups in total. The third kappa shape index (κ3) is 3.61. The van der Waals surface area contributed by atoms with Crippen LogP contribution in [-0.2, 0) is 10.0 Å². The van der Waals surface area contributed by atoms with Crippen LogP contribution in [0.25, 0.3) is 0 Å². The molecule has 2 aromatic carbocycles. The molecule has 0 aliphatic heterocycles. The first kappa shape index (κ1) is 18.8. The maximum Gasteiger partial charge on any atom is 0.277 e. The summed E-state index contributed by atoms with van der Waals surface area (Å²) in [4.78, 5) is 2.45. The maximum absolute atomic E-state index is 12.7. The summed E-state index contributed by atoms with van der Waals surface area (Å²) in [6.45, 7) is 9.34. The van der Waals surface area contributed by atoms with Gasteiger partial charge in [-0.25, -0.2) is 4.83 Å². The molecule has 0 aliphatic rings. The lowest BCUT2D eigenvalue weighted by atomic mass is 9.95. The summed E-state index contributed by atoms with van der Waals surface area (Å²) < 4.78 is 25.4. The molecular weight excluding hydrogens is 340 g/mol. The van der Waals surface area contributed by atoms with Gasteiger partial charge in [0.2, 0.25) is 0 Å². The van der Waals surface area contributed by atoms with Crippen LogP contribution >= 0.6 is 0 Å². The van der Waals surface area contributed by atoms with Gasteiger partial charge in [0, 0.05) is 0 Å². The third-order valence-electron chi connectivity index (χ3n) is 4.59. The van der Waals surface area contributed by atoms with Crippen LogP contribution in [0, 0.1) is 34.6 Å². The second-order valence-corrected chi connectivity index (χ2v) is 7.65. The number of hydrazone groups is 1. The van der Waals surface area contributed by atoms with Crippen LogP contribution in [0.3, 0.4) is 0 Å². The molecule has 0 aromatic heterocycles. The molecule has 6 nitrogen and oxygen atoms in total. The van der Waals surface area contributed by atoms with Crippen molar-refractivity contribution in [1.82, 2.24) is 4.83 Å². The Labute approximate surface area is 147 Å². The number of rotatable bonds is 4. The highest BCUT2D eigenvalue weighted by atomic mass is 32.2. The predicted molar refractivity (Wildman–Crippen MR) is 97.8 cm³/mol. The van der Waals surface area contributed by atoms with Crippen molar-refractivity contribution in [2.24, 2.45) is 5.10 Å². The number of aromatic hydroxyl groups is 2. The van der Waals surface area contributed by atoms with Crippen molar-refractivity contribution in [1.29, 1.82) is 0 Å². The number of hydrogen-bond acceptors (Lipinski definition) is 5. The number of nitrogens with one attached hydrogen (secondary N) is 1.